The van der Waals surface area contributed by atoms with Gasteiger partial charge in [-0.05, 0) is 37.6 Å². The number of benzene rings is 1. The zero-order chi connectivity index (χ0) is 13.0. The summed E-state index contributed by atoms with van der Waals surface area (Å²) in [5.41, 5.74) is 3.13. The van der Waals surface area contributed by atoms with Crippen molar-refractivity contribution in [3.63, 3.8) is 0 Å². The normalized spacial score (nSPS) is 18.6. The lowest BCUT2D eigenvalue weighted by Crippen LogP contribution is -2.39. The Balaban J connectivity index is 2.08. The van der Waals surface area contributed by atoms with Gasteiger partial charge in [0.25, 0.3) is 0 Å². The topological polar surface area (TPSA) is 15.3 Å². The highest BCUT2D eigenvalue weighted by molar-refractivity contribution is 5.32. The fourth-order valence-corrected chi connectivity index (χ4v) is 3.04. The van der Waals surface area contributed by atoms with Gasteiger partial charge in [0.1, 0.15) is 0 Å². The summed E-state index contributed by atoms with van der Waals surface area (Å²) >= 11 is 0. The summed E-state index contributed by atoms with van der Waals surface area (Å²) in [6.07, 6.45) is 1.27. The van der Waals surface area contributed by atoms with E-state index in [0.717, 1.165) is 13.1 Å². The van der Waals surface area contributed by atoms with Crippen molar-refractivity contribution in [2.45, 2.75) is 32.6 Å². The predicted octanol–water partition coefficient (Wildman–Crippen LogP) is 2.57. The van der Waals surface area contributed by atoms with Gasteiger partial charge in [-0.3, -0.25) is 0 Å². The van der Waals surface area contributed by atoms with Crippen molar-refractivity contribution >= 4 is 0 Å². The van der Waals surface area contributed by atoms with E-state index in [1.54, 1.807) is 0 Å². The minimum Gasteiger partial charge on any atom is -0.315 e. The first-order valence-corrected chi connectivity index (χ1v) is 7.09. The van der Waals surface area contributed by atoms with Gasteiger partial charge in [0.05, 0.1) is 0 Å². The lowest BCUT2D eigenvalue weighted by Gasteiger charge is -2.33. The molecule has 1 saturated heterocycles. The predicted molar refractivity (Wildman–Crippen MR) is 78.1 cm³/mol. The van der Waals surface area contributed by atoms with Crippen LogP contribution in [0.2, 0.25) is 0 Å². The summed E-state index contributed by atoms with van der Waals surface area (Å²) in [6.45, 7) is 12.8. The van der Waals surface area contributed by atoms with Crippen LogP contribution in [0.15, 0.2) is 24.3 Å². The van der Waals surface area contributed by atoms with Crippen LogP contribution in [0.5, 0.6) is 0 Å². The Kier molecular flexibility index (Phi) is 4.41. The lowest BCUT2D eigenvalue weighted by molar-refractivity contribution is 0.236. The zero-order valence-electron chi connectivity index (χ0n) is 12.0. The molecule has 18 heavy (non-hydrogen) atoms. The number of hydrogen-bond donors (Lipinski definition) is 1. The Morgan fingerprint density at radius 3 is 2.72 bits per heavy atom. The molecular formula is C16H26N2. The maximum Gasteiger partial charge on any atom is 0.0107 e. The van der Waals surface area contributed by atoms with Crippen molar-refractivity contribution in [2.75, 3.05) is 32.7 Å². The molecule has 1 fully saturated rings. The van der Waals surface area contributed by atoms with E-state index in [9.17, 15) is 0 Å². The second-order valence-corrected chi connectivity index (χ2v) is 6.08. The summed E-state index contributed by atoms with van der Waals surface area (Å²) in [6, 6.07) is 8.80. The number of nitrogens with one attached hydrogen (secondary N) is 1. The van der Waals surface area contributed by atoms with Crippen LogP contribution in [0.3, 0.4) is 0 Å². The smallest absolute Gasteiger partial charge is 0.0107 e. The summed E-state index contributed by atoms with van der Waals surface area (Å²) in [4.78, 5) is 2.60. The second kappa shape index (κ2) is 5.85. The van der Waals surface area contributed by atoms with E-state index in [0.29, 0.717) is 0 Å². The van der Waals surface area contributed by atoms with Crippen LogP contribution in [-0.2, 0) is 5.41 Å². The molecule has 2 nitrogen and oxygen atoms in total. The highest BCUT2D eigenvalue weighted by atomic mass is 15.2. The molecule has 0 aromatic heterocycles. The van der Waals surface area contributed by atoms with Gasteiger partial charge in [-0.2, -0.15) is 0 Å². The molecule has 0 bridgehead atoms. The van der Waals surface area contributed by atoms with Gasteiger partial charge in [0, 0.05) is 25.0 Å². The van der Waals surface area contributed by atoms with Crippen LogP contribution in [0.25, 0.3) is 0 Å². The van der Waals surface area contributed by atoms with Crippen molar-refractivity contribution < 1.29 is 0 Å². The van der Waals surface area contributed by atoms with Gasteiger partial charge in [0.2, 0.25) is 0 Å². The molecule has 1 heterocycles. The lowest BCUT2D eigenvalue weighted by atomic mass is 9.81. The monoisotopic (exact) mass is 246 g/mol. The van der Waals surface area contributed by atoms with Crippen LogP contribution in [0.1, 0.15) is 31.4 Å². The molecule has 0 radical (unpaired) electrons. The third-order valence-corrected chi connectivity index (χ3v) is 3.93. The summed E-state index contributed by atoms with van der Waals surface area (Å²) in [5.74, 6) is 0. The van der Waals surface area contributed by atoms with E-state index in [4.69, 9.17) is 0 Å². The van der Waals surface area contributed by atoms with Crippen LogP contribution in [0.4, 0.5) is 0 Å². The molecule has 0 aliphatic carbocycles. The third-order valence-electron chi connectivity index (χ3n) is 3.93. The van der Waals surface area contributed by atoms with E-state index in [-0.39, 0.29) is 5.41 Å². The molecule has 2 heteroatoms. The maximum atomic E-state index is 3.47. The van der Waals surface area contributed by atoms with Gasteiger partial charge < -0.3 is 10.2 Å². The SMILES string of the molecule is Cc1ccccc1C(C)(C)CN1CCCNCC1. The third kappa shape index (κ3) is 3.33. The Labute approximate surface area is 111 Å². The van der Waals surface area contributed by atoms with E-state index >= 15 is 0 Å². The van der Waals surface area contributed by atoms with Gasteiger partial charge in [-0.1, -0.05) is 38.1 Å². The first kappa shape index (κ1) is 13.6. The molecule has 2 rings (SSSR count). The fourth-order valence-electron chi connectivity index (χ4n) is 3.04. The first-order chi connectivity index (χ1) is 8.59. The van der Waals surface area contributed by atoms with Crippen LogP contribution in [0, 0.1) is 6.92 Å². The van der Waals surface area contributed by atoms with E-state index in [1.807, 2.05) is 0 Å². The molecule has 0 atom stereocenters. The fraction of sp³-hybridized carbons (Fsp3) is 0.625. The van der Waals surface area contributed by atoms with Crippen molar-refractivity contribution in [3.8, 4) is 0 Å². The number of nitrogens with zero attached hydrogens (tertiary/aromatic N) is 1. The average Bonchev–Trinajstić information content (AvgIpc) is 2.57. The van der Waals surface area contributed by atoms with E-state index < -0.39 is 0 Å². The minimum absolute atomic E-state index is 0.232. The summed E-state index contributed by atoms with van der Waals surface area (Å²) in [7, 11) is 0. The number of aryl methyl sites for hydroxylation is 1. The molecule has 0 amide bonds. The van der Waals surface area contributed by atoms with Crippen molar-refractivity contribution in [2.24, 2.45) is 0 Å². The first-order valence-electron chi connectivity index (χ1n) is 7.09. The average molecular weight is 246 g/mol. The van der Waals surface area contributed by atoms with Crippen LogP contribution in [-0.4, -0.2) is 37.6 Å². The van der Waals surface area contributed by atoms with Gasteiger partial charge >= 0.3 is 0 Å². The standard InChI is InChI=1S/C16H26N2/c1-14-7-4-5-8-15(14)16(2,3)13-18-11-6-9-17-10-12-18/h4-5,7-8,17H,6,9-13H2,1-3H3. The number of hydrogen-bond acceptors (Lipinski definition) is 2. The van der Waals surface area contributed by atoms with Crippen LogP contribution >= 0.6 is 0 Å². The largest absolute Gasteiger partial charge is 0.315 e. The van der Waals surface area contributed by atoms with E-state index in [1.165, 1.54) is 37.2 Å². The summed E-state index contributed by atoms with van der Waals surface area (Å²) in [5, 5.41) is 3.47. The molecule has 1 aliphatic rings. The molecule has 1 aromatic carbocycles. The van der Waals surface area contributed by atoms with Crippen molar-refractivity contribution in [1.29, 1.82) is 0 Å². The second-order valence-electron chi connectivity index (χ2n) is 6.08. The molecule has 100 valence electrons. The van der Waals surface area contributed by atoms with Gasteiger partial charge in [-0.15, -0.1) is 0 Å². The quantitative estimate of drug-likeness (QED) is 0.882. The van der Waals surface area contributed by atoms with Crippen LogP contribution < -0.4 is 5.32 Å². The van der Waals surface area contributed by atoms with Gasteiger partial charge in [0.15, 0.2) is 0 Å². The Bertz CT molecular complexity index is 376. The maximum absolute atomic E-state index is 3.47. The Hall–Kier alpha value is -0.860. The molecule has 0 spiro atoms. The molecule has 1 aliphatic heterocycles. The highest BCUT2D eigenvalue weighted by Crippen LogP contribution is 2.27. The molecular weight excluding hydrogens is 220 g/mol. The zero-order valence-corrected chi connectivity index (χ0v) is 12.0. The van der Waals surface area contributed by atoms with E-state index in [2.05, 4.69) is 55.3 Å². The van der Waals surface area contributed by atoms with Gasteiger partial charge in [-0.25, -0.2) is 0 Å². The molecule has 0 unspecified atom stereocenters. The molecule has 0 saturated carbocycles. The summed E-state index contributed by atoms with van der Waals surface area (Å²) < 4.78 is 0. The Morgan fingerprint density at radius 1 is 1.17 bits per heavy atom. The molecule has 1 aromatic rings. The van der Waals surface area contributed by atoms with Crippen molar-refractivity contribution in [3.05, 3.63) is 35.4 Å². The van der Waals surface area contributed by atoms with Crippen molar-refractivity contribution in [1.82, 2.24) is 10.2 Å². The Morgan fingerprint density at radius 2 is 1.94 bits per heavy atom. The number of rotatable bonds is 3. The minimum atomic E-state index is 0.232. The highest BCUT2D eigenvalue weighted by Gasteiger charge is 2.25. The molecule has 1 N–H and O–H groups in total.